The molecule has 0 unspecified atom stereocenters. The van der Waals surface area contributed by atoms with E-state index in [-0.39, 0.29) is 6.10 Å². The molecule has 4 N–H and O–H groups in total. The zero-order valence-electron chi connectivity index (χ0n) is 18.3. The number of fused-ring (bicyclic) bond motifs is 1. The summed E-state index contributed by atoms with van der Waals surface area (Å²) in [4.78, 5) is 2.11. The Hall–Kier alpha value is -3.62. The molecule has 0 aromatic heterocycles. The molecule has 1 saturated heterocycles. The topological polar surface area (TPSA) is 111 Å². The highest BCUT2D eigenvalue weighted by Crippen LogP contribution is 2.35. The van der Waals surface area contributed by atoms with E-state index in [0.717, 1.165) is 43.0 Å². The molecule has 9 nitrogen and oxygen atoms in total. The summed E-state index contributed by atoms with van der Waals surface area (Å²) in [6.07, 6.45) is 5.10. The molecule has 2 heterocycles. The van der Waals surface area contributed by atoms with Gasteiger partial charge in [0.25, 0.3) is 0 Å². The molecule has 2 aromatic carbocycles. The molecular weight excluding hydrogens is 408 g/mol. The first kappa shape index (κ1) is 21.6. The molecule has 0 spiro atoms. The van der Waals surface area contributed by atoms with Crippen LogP contribution in [0.3, 0.4) is 0 Å². The molecule has 0 saturated carbocycles. The number of hydrogen-bond acceptors (Lipinski definition) is 7. The number of likely N-dealkylation sites (tertiary alicyclic amines) is 1. The maximum Gasteiger partial charge on any atom is 0.162 e. The van der Waals surface area contributed by atoms with Crippen molar-refractivity contribution in [1.82, 2.24) is 9.91 Å². The first-order valence-corrected chi connectivity index (χ1v) is 10.7. The lowest BCUT2D eigenvalue weighted by atomic mass is 10.1. The van der Waals surface area contributed by atoms with Gasteiger partial charge in [0, 0.05) is 25.9 Å². The van der Waals surface area contributed by atoms with Crippen LogP contribution in [0.1, 0.15) is 29.5 Å². The number of hydrogen-bond donors (Lipinski definition) is 2. The lowest BCUT2D eigenvalue weighted by Crippen LogP contribution is -2.37. The van der Waals surface area contributed by atoms with E-state index >= 15 is 0 Å². The van der Waals surface area contributed by atoms with Gasteiger partial charge in [-0.05, 0) is 41.0 Å². The molecule has 9 heteroatoms. The summed E-state index contributed by atoms with van der Waals surface area (Å²) in [6, 6.07) is 12.1. The minimum atomic E-state index is 0.207. The Balaban J connectivity index is 1.32. The first-order chi connectivity index (χ1) is 15.7. The number of rotatable bonds is 8. The van der Waals surface area contributed by atoms with Crippen LogP contribution in [0.2, 0.25) is 0 Å². The standard InChI is InChI=1S/C23H30N6O3/c1-30-22-10-18-12-29(27-15-24)13-19(18)11-23(22)31-14-17-2-4-20(5-3-17)32-21-6-8-28(9-7-21)16-26-25/h2-5,10-11,15-16,21H,6-9,12-14,25H2,1H3,(H2,24,27). The van der Waals surface area contributed by atoms with Gasteiger partial charge in [0.1, 0.15) is 31.1 Å². The largest absolute Gasteiger partial charge is 0.493 e. The average molecular weight is 439 g/mol. The summed E-state index contributed by atoms with van der Waals surface area (Å²) < 4.78 is 17.7. The zero-order valence-corrected chi connectivity index (χ0v) is 18.3. The van der Waals surface area contributed by atoms with Crippen molar-refractivity contribution in [3.05, 3.63) is 53.1 Å². The Morgan fingerprint density at radius 2 is 1.75 bits per heavy atom. The first-order valence-electron chi connectivity index (χ1n) is 10.7. The summed E-state index contributed by atoms with van der Waals surface area (Å²) in [6.45, 7) is 3.65. The Bertz CT molecular complexity index is 955. The fraction of sp³-hybridized carbons (Fsp3) is 0.391. The average Bonchev–Trinajstić information content (AvgIpc) is 3.21. The summed E-state index contributed by atoms with van der Waals surface area (Å²) in [5, 5.41) is 9.65. The molecule has 2 aliphatic heterocycles. The highest BCUT2D eigenvalue weighted by atomic mass is 16.5. The van der Waals surface area contributed by atoms with Gasteiger partial charge in [-0.2, -0.15) is 10.2 Å². The number of nitrogens with zero attached hydrogens (tertiary/aromatic N) is 4. The van der Waals surface area contributed by atoms with Crippen LogP contribution in [0.25, 0.3) is 0 Å². The summed E-state index contributed by atoms with van der Waals surface area (Å²) in [7, 11) is 1.65. The van der Waals surface area contributed by atoms with Crippen LogP contribution in [0.5, 0.6) is 17.2 Å². The van der Waals surface area contributed by atoms with Crippen molar-refractivity contribution < 1.29 is 14.2 Å². The van der Waals surface area contributed by atoms with Gasteiger partial charge in [0.05, 0.1) is 20.2 Å². The van der Waals surface area contributed by atoms with E-state index < -0.39 is 0 Å². The van der Waals surface area contributed by atoms with Crippen molar-refractivity contribution in [2.45, 2.75) is 38.6 Å². The number of ether oxygens (including phenoxy) is 3. The molecule has 170 valence electrons. The van der Waals surface area contributed by atoms with Crippen molar-refractivity contribution >= 4 is 12.7 Å². The second-order valence-corrected chi connectivity index (χ2v) is 7.91. The van der Waals surface area contributed by atoms with Gasteiger partial charge in [0.15, 0.2) is 11.5 Å². The van der Waals surface area contributed by atoms with Crippen LogP contribution in [0.15, 0.2) is 46.6 Å². The number of hydrazone groups is 2. The quantitative estimate of drug-likeness (QED) is 0.281. The number of piperidine rings is 1. The monoisotopic (exact) mass is 438 g/mol. The second-order valence-electron chi connectivity index (χ2n) is 7.91. The Labute approximate surface area is 188 Å². The third-order valence-electron chi connectivity index (χ3n) is 5.75. The van der Waals surface area contributed by atoms with E-state index in [9.17, 15) is 0 Å². The lowest BCUT2D eigenvalue weighted by Gasteiger charge is -2.30. The van der Waals surface area contributed by atoms with E-state index in [4.69, 9.17) is 25.8 Å². The molecule has 2 aromatic rings. The molecule has 32 heavy (non-hydrogen) atoms. The molecule has 0 atom stereocenters. The zero-order chi connectivity index (χ0) is 22.3. The van der Waals surface area contributed by atoms with Crippen molar-refractivity contribution in [3.63, 3.8) is 0 Å². The molecule has 2 aliphatic rings. The van der Waals surface area contributed by atoms with Crippen molar-refractivity contribution in [3.8, 4) is 17.2 Å². The molecule has 0 aliphatic carbocycles. The highest BCUT2D eigenvalue weighted by molar-refractivity contribution is 5.54. The molecule has 0 amide bonds. The number of methoxy groups -OCH3 is 1. The van der Waals surface area contributed by atoms with E-state index in [1.807, 2.05) is 41.4 Å². The van der Waals surface area contributed by atoms with Crippen LogP contribution >= 0.6 is 0 Å². The summed E-state index contributed by atoms with van der Waals surface area (Å²) in [5.74, 6) is 7.53. The second kappa shape index (κ2) is 10.1. The van der Waals surface area contributed by atoms with Crippen molar-refractivity contribution in [2.24, 2.45) is 21.8 Å². The maximum atomic E-state index is 6.13. The highest BCUT2D eigenvalue weighted by Gasteiger charge is 2.21. The van der Waals surface area contributed by atoms with Crippen LogP contribution in [0, 0.1) is 0 Å². The molecule has 4 rings (SSSR count). The van der Waals surface area contributed by atoms with Gasteiger partial charge in [0.2, 0.25) is 0 Å². The van der Waals surface area contributed by atoms with Gasteiger partial charge in [-0.1, -0.05) is 12.1 Å². The third kappa shape index (κ3) is 5.16. The Morgan fingerprint density at radius 3 is 2.38 bits per heavy atom. The van der Waals surface area contributed by atoms with Gasteiger partial charge in [-0.3, -0.25) is 5.01 Å². The Kier molecular flexibility index (Phi) is 6.84. The van der Waals surface area contributed by atoms with Gasteiger partial charge >= 0.3 is 0 Å². The third-order valence-corrected chi connectivity index (χ3v) is 5.75. The smallest absolute Gasteiger partial charge is 0.162 e. The number of nitrogens with two attached hydrogens (primary N) is 2. The Morgan fingerprint density at radius 1 is 1.06 bits per heavy atom. The minimum Gasteiger partial charge on any atom is -0.493 e. The lowest BCUT2D eigenvalue weighted by molar-refractivity contribution is 0.132. The van der Waals surface area contributed by atoms with Gasteiger partial charge in [-0.25, -0.2) is 0 Å². The van der Waals surface area contributed by atoms with E-state index in [1.54, 1.807) is 13.4 Å². The van der Waals surface area contributed by atoms with Gasteiger partial charge < -0.3 is 30.7 Å². The van der Waals surface area contributed by atoms with Crippen LogP contribution in [-0.4, -0.2) is 48.9 Å². The fourth-order valence-corrected chi connectivity index (χ4v) is 4.06. The molecule has 1 fully saturated rings. The SMILES string of the molecule is COc1cc2c(cc1OCc1ccc(OC3CCN(C=NN)CC3)cc1)CN(N=CN)C2. The van der Waals surface area contributed by atoms with E-state index in [0.29, 0.717) is 25.4 Å². The van der Waals surface area contributed by atoms with Crippen molar-refractivity contribution in [2.75, 3.05) is 20.2 Å². The van der Waals surface area contributed by atoms with Gasteiger partial charge in [-0.15, -0.1) is 0 Å². The normalized spacial score (nSPS) is 16.7. The maximum absolute atomic E-state index is 6.13. The minimum absolute atomic E-state index is 0.207. The van der Waals surface area contributed by atoms with Crippen molar-refractivity contribution in [1.29, 1.82) is 0 Å². The predicted octanol–water partition coefficient (Wildman–Crippen LogP) is 2.24. The molecule has 0 radical (unpaired) electrons. The van der Waals surface area contributed by atoms with Crippen LogP contribution in [-0.2, 0) is 19.7 Å². The molecule has 0 bridgehead atoms. The van der Waals surface area contributed by atoms with E-state index in [2.05, 4.69) is 15.1 Å². The molecular formula is C23H30N6O3. The summed E-state index contributed by atoms with van der Waals surface area (Å²) >= 11 is 0. The fourth-order valence-electron chi connectivity index (χ4n) is 4.06. The summed E-state index contributed by atoms with van der Waals surface area (Å²) in [5.41, 5.74) is 8.81. The van der Waals surface area contributed by atoms with Crippen LogP contribution < -0.4 is 25.8 Å². The predicted molar refractivity (Wildman–Crippen MR) is 124 cm³/mol. The van der Waals surface area contributed by atoms with E-state index in [1.165, 1.54) is 17.5 Å². The van der Waals surface area contributed by atoms with Crippen LogP contribution in [0.4, 0.5) is 0 Å². The number of benzene rings is 2.